The standard InChI is InChI=1S/C29H36N2O4/c1-21-9-15-25(16-10-21)29-28(24-6-3-2-4-7-24)26(8-5-17-32)31(30-29)18-22-11-13-23(14-12-22)19-35-20-27(33)34/h2-4,6-7,9-10,15-16,22-23,32H,5,8,11-14,17-20H2,1H3,(H,33,34). The third-order valence-corrected chi connectivity index (χ3v) is 6.99. The van der Waals surface area contributed by atoms with Crippen LogP contribution in [0.5, 0.6) is 0 Å². The van der Waals surface area contributed by atoms with Crippen molar-refractivity contribution in [1.82, 2.24) is 9.78 Å². The summed E-state index contributed by atoms with van der Waals surface area (Å²) in [6.07, 6.45) is 5.74. The fourth-order valence-electron chi connectivity index (χ4n) is 5.11. The normalized spacial score (nSPS) is 18.0. The van der Waals surface area contributed by atoms with Crippen molar-refractivity contribution < 1.29 is 19.7 Å². The molecule has 0 aliphatic heterocycles. The van der Waals surface area contributed by atoms with Crippen molar-refractivity contribution in [2.45, 2.75) is 52.0 Å². The average molecular weight is 477 g/mol. The summed E-state index contributed by atoms with van der Waals surface area (Å²) < 4.78 is 7.53. The number of aromatic nitrogens is 2. The Labute approximate surface area is 207 Å². The van der Waals surface area contributed by atoms with Crippen molar-refractivity contribution in [1.29, 1.82) is 0 Å². The van der Waals surface area contributed by atoms with E-state index in [1.807, 2.05) is 6.07 Å². The number of ether oxygens (including phenoxy) is 1. The molecule has 35 heavy (non-hydrogen) atoms. The van der Waals surface area contributed by atoms with E-state index in [2.05, 4.69) is 60.1 Å². The number of hydrogen-bond donors (Lipinski definition) is 2. The Balaban J connectivity index is 1.59. The number of rotatable bonds is 11. The van der Waals surface area contributed by atoms with Crippen LogP contribution in [-0.2, 0) is 22.5 Å². The highest BCUT2D eigenvalue weighted by Crippen LogP contribution is 2.37. The van der Waals surface area contributed by atoms with Gasteiger partial charge in [-0.2, -0.15) is 5.10 Å². The maximum absolute atomic E-state index is 10.7. The van der Waals surface area contributed by atoms with Gasteiger partial charge in [0, 0.05) is 30.0 Å². The van der Waals surface area contributed by atoms with E-state index in [9.17, 15) is 9.90 Å². The molecule has 1 aliphatic rings. The summed E-state index contributed by atoms with van der Waals surface area (Å²) >= 11 is 0. The lowest BCUT2D eigenvalue weighted by Gasteiger charge is -2.28. The summed E-state index contributed by atoms with van der Waals surface area (Å²) in [4.78, 5) is 10.7. The average Bonchev–Trinajstić information content (AvgIpc) is 3.22. The summed E-state index contributed by atoms with van der Waals surface area (Å²) in [5.74, 6) is 0.0412. The first kappa shape index (κ1) is 25.1. The minimum Gasteiger partial charge on any atom is -0.480 e. The minimum atomic E-state index is -0.911. The number of carbonyl (C=O) groups is 1. The molecule has 3 aromatic rings. The van der Waals surface area contributed by atoms with Crippen LogP contribution in [0, 0.1) is 18.8 Å². The molecule has 1 fully saturated rings. The van der Waals surface area contributed by atoms with E-state index in [-0.39, 0.29) is 13.2 Å². The number of carboxylic acids is 1. The van der Waals surface area contributed by atoms with Crippen LogP contribution in [0.3, 0.4) is 0 Å². The van der Waals surface area contributed by atoms with Gasteiger partial charge in [0.1, 0.15) is 12.3 Å². The molecule has 4 rings (SSSR count). The summed E-state index contributed by atoms with van der Waals surface area (Å²) in [7, 11) is 0. The quantitative estimate of drug-likeness (QED) is 0.389. The molecule has 6 nitrogen and oxygen atoms in total. The highest BCUT2D eigenvalue weighted by atomic mass is 16.5. The fourth-order valence-corrected chi connectivity index (χ4v) is 5.11. The van der Waals surface area contributed by atoms with Gasteiger partial charge in [0.05, 0.1) is 6.61 Å². The van der Waals surface area contributed by atoms with Crippen LogP contribution in [0.2, 0.25) is 0 Å². The molecule has 2 N–H and O–H groups in total. The number of aliphatic hydroxyl groups is 1. The Bertz CT molecular complexity index is 1080. The van der Waals surface area contributed by atoms with Crippen molar-refractivity contribution in [2.75, 3.05) is 19.8 Å². The smallest absolute Gasteiger partial charge is 0.329 e. The zero-order valence-corrected chi connectivity index (χ0v) is 20.5. The molecule has 1 aliphatic carbocycles. The van der Waals surface area contributed by atoms with Crippen LogP contribution in [0.1, 0.15) is 43.4 Å². The lowest BCUT2D eigenvalue weighted by molar-refractivity contribution is -0.142. The molecule has 0 unspecified atom stereocenters. The van der Waals surface area contributed by atoms with Crippen molar-refractivity contribution in [2.24, 2.45) is 11.8 Å². The fraction of sp³-hybridized carbons (Fsp3) is 0.448. The molecule has 0 bridgehead atoms. The van der Waals surface area contributed by atoms with Gasteiger partial charge in [0.15, 0.2) is 0 Å². The largest absolute Gasteiger partial charge is 0.480 e. The highest BCUT2D eigenvalue weighted by molar-refractivity contribution is 5.83. The number of aryl methyl sites for hydroxylation is 1. The Morgan fingerprint density at radius 3 is 2.34 bits per heavy atom. The molecule has 1 aromatic heterocycles. The highest BCUT2D eigenvalue weighted by Gasteiger charge is 2.26. The van der Waals surface area contributed by atoms with Gasteiger partial charge >= 0.3 is 5.97 Å². The van der Waals surface area contributed by atoms with Crippen LogP contribution in [-0.4, -0.2) is 45.8 Å². The number of aliphatic carboxylic acids is 1. The van der Waals surface area contributed by atoms with E-state index in [0.29, 0.717) is 24.9 Å². The first-order valence-electron chi connectivity index (χ1n) is 12.7. The van der Waals surface area contributed by atoms with E-state index in [4.69, 9.17) is 14.9 Å². The lowest BCUT2D eigenvalue weighted by Crippen LogP contribution is -2.24. The van der Waals surface area contributed by atoms with Gasteiger partial charge in [-0.15, -0.1) is 0 Å². The second-order valence-electron chi connectivity index (χ2n) is 9.71. The molecule has 0 atom stereocenters. The van der Waals surface area contributed by atoms with Gasteiger partial charge in [-0.3, -0.25) is 4.68 Å². The maximum atomic E-state index is 10.7. The Kier molecular flexibility index (Phi) is 8.72. The van der Waals surface area contributed by atoms with E-state index >= 15 is 0 Å². The summed E-state index contributed by atoms with van der Waals surface area (Å²) in [5.41, 5.74) is 6.84. The molecular formula is C29H36N2O4. The van der Waals surface area contributed by atoms with E-state index in [0.717, 1.165) is 55.5 Å². The minimum absolute atomic E-state index is 0.153. The molecule has 2 aromatic carbocycles. The van der Waals surface area contributed by atoms with Gasteiger partial charge < -0.3 is 14.9 Å². The van der Waals surface area contributed by atoms with Gasteiger partial charge in [0.25, 0.3) is 0 Å². The molecule has 1 heterocycles. The Morgan fingerprint density at radius 2 is 1.69 bits per heavy atom. The van der Waals surface area contributed by atoms with Crippen molar-refractivity contribution in [3.63, 3.8) is 0 Å². The lowest BCUT2D eigenvalue weighted by atomic mass is 9.82. The third-order valence-electron chi connectivity index (χ3n) is 6.99. The predicted molar refractivity (Wildman–Crippen MR) is 137 cm³/mol. The number of aliphatic hydroxyl groups excluding tert-OH is 1. The summed E-state index contributed by atoms with van der Waals surface area (Å²) in [6.45, 7) is 3.41. The van der Waals surface area contributed by atoms with Crippen LogP contribution in [0.25, 0.3) is 22.4 Å². The van der Waals surface area contributed by atoms with Crippen LogP contribution >= 0.6 is 0 Å². The number of hydrogen-bond acceptors (Lipinski definition) is 4. The first-order valence-corrected chi connectivity index (χ1v) is 12.7. The van der Waals surface area contributed by atoms with Gasteiger partial charge in [0.2, 0.25) is 0 Å². The molecular weight excluding hydrogens is 440 g/mol. The molecule has 0 amide bonds. The Hall–Kier alpha value is -2.96. The summed E-state index contributed by atoms with van der Waals surface area (Å²) in [5, 5.41) is 23.6. The predicted octanol–water partition coefficient (Wildman–Crippen LogP) is 5.36. The van der Waals surface area contributed by atoms with Crippen LogP contribution < -0.4 is 0 Å². The Morgan fingerprint density at radius 1 is 1.00 bits per heavy atom. The van der Waals surface area contributed by atoms with Crippen molar-refractivity contribution in [3.8, 4) is 22.4 Å². The molecule has 0 saturated heterocycles. The van der Waals surface area contributed by atoms with Crippen LogP contribution in [0.15, 0.2) is 54.6 Å². The molecule has 0 spiro atoms. The molecule has 186 valence electrons. The first-order chi connectivity index (χ1) is 17.0. The van der Waals surface area contributed by atoms with Gasteiger partial charge in [-0.25, -0.2) is 4.79 Å². The molecule has 1 saturated carbocycles. The summed E-state index contributed by atoms with van der Waals surface area (Å²) in [6, 6.07) is 19.0. The maximum Gasteiger partial charge on any atom is 0.329 e. The van der Waals surface area contributed by atoms with E-state index in [1.54, 1.807) is 0 Å². The SMILES string of the molecule is Cc1ccc(-c2nn(CC3CCC(COCC(=O)O)CC3)c(CCCO)c2-c2ccccc2)cc1. The zero-order valence-electron chi connectivity index (χ0n) is 20.5. The topological polar surface area (TPSA) is 84.6 Å². The van der Waals surface area contributed by atoms with E-state index < -0.39 is 5.97 Å². The monoisotopic (exact) mass is 476 g/mol. The molecule has 6 heteroatoms. The van der Waals surface area contributed by atoms with E-state index in [1.165, 1.54) is 16.8 Å². The molecule has 0 radical (unpaired) electrons. The van der Waals surface area contributed by atoms with Gasteiger partial charge in [-0.05, 0) is 62.8 Å². The zero-order chi connectivity index (χ0) is 24.6. The number of benzene rings is 2. The second kappa shape index (κ2) is 12.1. The third kappa shape index (κ3) is 6.59. The van der Waals surface area contributed by atoms with Gasteiger partial charge in [-0.1, -0.05) is 60.2 Å². The second-order valence-corrected chi connectivity index (χ2v) is 9.71. The van der Waals surface area contributed by atoms with Crippen LogP contribution in [0.4, 0.5) is 0 Å². The van der Waals surface area contributed by atoms with Crippen molar-refractivity contribution in [3.05, 3.63) is 65.9 Å². The number of carboxylic acid groups (broad SMARTS) is 1. The number of nitrogens with zero attached hydrogens (tertiary/aromatic N) is 2. The van der Waals surface area contributed by atoms with Crippen molar-refractivity contribution >= 4 is 5.97 Å².